The number of aromatic nitrogens is 8. The zero-order valence-corrected chi connectivity index (χ0v) is 19.9. The number of hydrogen-bond acceptors (Lipinski definition) is 7. The number of pyridine rings is 1. The molecular weight excluding hydrogens is 476 g/mol. The summed E-state index contributed by atoms with van der Waals surface area (Å²) in [5.74, 6) is -0.397. The standard InChI is InChI=1S/C22H21F2N9OS/c1-4-32-9-14(7-26-32)17-11-35-22(28-17)29-18(34)10-33-21-19(12(2)30-33)15(20(23)24)5-16(27-21)13-6-25-31(3)8-13/h5-9,11,20H,4,10H2,1-3H3,(H,28,29,34). The number of hydrogen-bond donors (Lipinski definition) is 1. The Kier molecular flexibility index (Phi) is 5.84. The Labute approximate surface area is 202 Å². The number of halogens is 2. The van der Waals surface area contributed by atoms with Crippen molar-refractivity contribution in [3.05, 3.63) is 47.5 Å². The highest BCUT2D eigenvalue weighted by molar-refractivity contribution is 7.14. The number of anilines is 1. The molecule has 5 aromatic heterocycles. The van der Waals surface area contributed by atoms with E-state index in [1.54, 1.807) is 41.9 Å². The van der Waals surface area contributed by atoms with Crippen LogP contribution < -0.4 is 5.32 Å². The minimum Gasteiger partial charge on any atom is -0.300 e. The molecule has 5 aromatic rings. The topological polar surface area (TPSA) is 108 Å². The predicted molar refractivity (Wildman–Crippen MR) is 127 cm³/mol. The molecule has 0 radical (unpaired) electrons. The fourth-order valence-electron chi connectivity index (χ4n) is 3.80. The molecule has 1 amide bonds. The molecule has 0 bridgehead atoms. The van der Waals surface area contributed by atoms with Crippen LogP contribution in [0.4, 0.5) is 13.9 Å². The van der Waals surface area contributed by atoms with Gasteiger partial charge in [0.05, 0.1) is 34.9 Å². The van der Waals surface area contributed by atoms with Crippen molar-refractivity contribution in [2.24, 2.45) is 7.05 Å². The molecule has 10 nitrogen and oxygen atoms in total. The number of nitrogens with one attached hydrogen (secondary N) is 1. The van der Waals surface area contributed by atoms with Crippen molar-refractivity contribution < 1.29 is 13.6 Å². The lowest BCUT2D eigenvalue weighted by atomic mass is 10.1. The average Bonchev–Trinajstić information content (AvgIpc) is 3.61. The van der Waals surface area contributed by atoms with Crippen LogP contribution in [0, 0.1) is 6.92 Å². The number of amides is 1. The molecule has 0 aliphatic heterocycles. The second-order valence-electron chi connectivity index (χ2n) is 7.91. The highest BCUT2D eigenvalue weighted by atomic mass is 32.1. The van der Waals surface area contributed by atoms with Crippen molar-refractivity contribution in [1.29, 1.82) is 0 Å². The summed E-state index contributed by atoms with van der Waals surface area (Å²) >= 11 is 1.28. The first-order valence-electron chi connectivity index (χ1n) is 10.8. The molecule has 5 rings (SSSR count). The van der Waals surface area contributed by atoms with Gasteiger partial charge in [0, 0.05) is 48.1 Å². The SMILES string of the molecule is CCn1cc(-c2csc(NC(=O)Cn3nc(C)c4c(C(F)F)cc(-c5cnn(C)c5)nc43)n2)cn1. The lowest BCUT2D eigenvalue weighted by Gasteiger charge is -2.07. The van der Waals surface area contributed by atoms with Crippen LogP contribution in [0.2, 0.25) is 0 Å². The molecule has 0 atom stereocenters. The summed E-state index contributed by atoms with van der Waals surface area (Å²) in [6.07, 6.45) is 4.11. The Morgan fingerprint density at radius 2 is 1.91 bits per heavy atom. The molecule has 0 aliphatic carbocycles. The Hall–Kier alpha value is -4.00. The third-order valence-corrected chi connectivity index (χ3v) is 6.20. The Balaban J connectivity index is 1.43. The molecular formula is C22H21F2N9OS. The zero-order valence-electron chi connectivity index (χ0n) is 19.1. The van der Waals surface area contributed by atoms with E-state index in [1.807, 2.05) is 18.5 Å². The normalized spacial score (nSPS) is 11.6. The fourth-order valence-corrected chi connectivity index (χ4v) is 4.53. The maximum atomic E-state index is 13.9. The fraction of sp³-hybridized carbons (Fsp3) is 0.273. The van der Waals surface area contributed by atoms with Crippen LogP contribution in [0.15, 0.2) is 36.2 Å². The summed E-state index contributed by atoms with van der Waals surface area (Å²) in [6.45, 7) is 4.15. The van der Waals surface area contributed by atoms with Crippen molar-refractivity contribution in [3.63, 3.8) is 0 Å². The van der Waals surface area contributed by atoms with E-state index in [1.165, 1.54) is 22.1 Å². The maximum absolute atomic E-state index is 13.9. The first kappa shape index (κ1) is 22.8. The van der Waals surface area contributed by atoms with Crippen LogP contribution in [0.1, 0.15) is 24.6 Å². The van der Waals surface area contributed by atoms with Crippen LogP contribution in [-0.4, -0.2) is 45.2 Å². The summed E-state index contributed by atoms with van der Waals surface area (Å²) in [5, 5.41) is 17.9. The zero-order chi connectivity index (χ0) is 24.7. The number of thiazole rings is 1. The van der Waals surface area contributed by atoms with Gasteiger partial charge in [-0.25, -0.2) is 23.4 Å². The Morgan fingerprint density at radius 1 is 1.14 bits per heavy atom. The van der Waals surface area contributed by atoms with Gasteiger partial charge in [0.2, 0.25) is 5.91 Å². The van der Waals surface area contributed by atoms with E-state index < -0.39 is 12.3 Å². The number of alkyl halides is 2. The molecule has 0 aromatic carbocycles. The van der Waals surface area contributed by atoms with Gasteiger partial charge in [0.25, 0.3) is 6.43 Å². The summed E-state index contributed by atoms with van der Waals surface area (Å²) in [5.41, 5.74) is 2.88. The van der Waals surface area contributed by atoms with Gasteiger partial charge in [0.15, 0.2) is 10.8 Å². The van der Waals surface area contributed by atoms with Gasteiger partial charge in [-0.05, 0) is 19.9 Å². The molecule has 0 fully saturated rings. The van der Waals surface area contributed by atoms with E-state index in [4.69, 9.17) is 0 Å². The number of carbonyl (C=O) groups excluding carboxylic acids is 1. The van der Waals surface area contributed by atoms with Crippen molar-refractivity contribution in [1.82, 2.24) is 39.3 Å². The van der Waals surface area contributed by atoms with Crippen molar-refractivity contribution in [2.45, 2.75) is 33.4 Å². The number of nitrogens with zero attached hydrogens (tertiary/aromatic N) is 8. The van der Waals surface area contributed by atoms with Crippen molar-refractivity contribution in [2.75, 3.05) is 5.32 Å². The molecule has 0 spiro atoms. The van der Waals surface area contributed by atoms with Crippen LogP contribution in [0.3, 0.4) is 0 Å². The molecule has 1 N–H and O–H groups in total. The predicted octanol–water partition coefficient (Wildman–Crippen LogP) is 4.06. The van der Waals surface area contributed by atoms with E-state index >= 15 is 0 Å². The third kappa shape index (κ3) is 4.41. The second kappa shape index (κ2) is 8.98. The molecule has 0 unspecified atom stereocenters. The van der Waals surface area contributed by atoms with Gasteiger partial charge >= 0.3 is 0 Å². The lowest BCUT2D eigenvalue weighted by molar-refractivity contribution is -0.116. The average molecular weight is 498 g/mol. The van der Waals surface area contributed by atoms with E-state index in [9.17, 15) is 13.6 Å². The summed E-state index contributed by atoms with van der Waals surface area (Å²) in [7, 11) is 1.73. The molecule has 0 aliphatic rings. The highest BCUT2D eigenvalue weighted by Crippen LogP contribution is 2.33. The first-order valence-corrected chi connectivity index (χ1v) is 11.6. The molecule has 5 heterocycles. The lowest BCUT2D eigenvalue weighted by Crippen LogP contribution is -2.19. The van der Waals surface area contributed by atoms with Gasteiger partial charge < -0.3 is 5.32 Å². The van der Waals surface area contributed by atoms with Gasteiger partial charge in [0.1, 0.15) is 6.54 Å². The van der Waals surface area contributed by atoms with Crippen LogP contribution in [0.25, 0.3) is 33.5 Å². The largest absolute Gasteiger partial charge is 0.300 e. The van der Waals surface area contributed by atoms with E-state index in [0.29, 0.717) is 27.8 Å². The quantitative estimate of drug-likeness (QED) is 0.363. The minimum absolute atomic E-state index is 0.185. The van der Waals surface area contributed by atoms with Crippen LogP contribution in [-0.2, 0) is 24.9 Å². The summed E-state index contributed by atoms with van der Waals surface area (Å²) in [6, 6.07) is 1.35. The van der Waals surface area contributed by atoms with Crippen molar-refractivity contribution in [3.8, 4) is 22.5 Å². The maximum Gasteiger partial charge on any atom is 0.264 e. The van der Waals surface area contributed by atoms with Gasteiger partial charge in [-0.2, -0.15) is 15.3 Å². The Morgan fingerprint density at radius 3 is 2.60 bits per heavy atom. The second-order valence-corrected chi connectivity index (χ2v) is 8.77. The smallest absolute Gasteiger partial charge is 0.264 e. The third-order valence-electron chi connectivity index (χ3n) is 5.44. The number of fused-ring (bicyclic) bond motifs is 1. The van der Waals surface area contributed by atoms with Crippen LogP contribution in [0.5, 0.6) is 0 Å². The molecule has 13 heteroatoms. The highest BCUT2D eigenvalue weighted by Gasteiger charge is 2.22. The number of rotatable bonds is 7. The summed E-state index contributed by atoms with van der Waals surface area (Å²) in [4.78, 5) is 21.8. The monoisotopic (exact) mass is 497 g/mol. The van der Waals surface area contributed by atoms with Crippen LogP contribution >= 0.6 is 11.3 Å². The molecule has 0 saturated heterocycles. The van der Waals surface area contributed by atoms with E-state index in [0.717, 1.165) is 12.1 Å². The van der Waals surface area contributed by atoms with Gasteiger partial charge in [-0.15, -0.1) is 11.3 Å². The molecule has 0 saturated carbocycles. The van der Waals surface area contributed by atoms with Gasteiger partial charge in [-0.1, -0.05) is 0 Å². The first-order chi connectivity index (χ1) is 16.8. The van der Waals surface area contributed by atoms with Gasteiger partial charge in [-0.3, -0.25) is 14.2 Å². The number of aryl methyl sites for hydroxylation is 3. The Bertz CT molecular complexity index is 1530. The van der Waals surface area contributed by atoms with Crippen molar-refractivity contribution >= 4 is 33.4 Å². The molecule has 35 heavy (non-hydrogen) atoms. The number of carbonyl (C=O) groups is 1. The van der Waals surface area contributed by atoms with E-state index in [2.05, 4.69) is 30.6 Å². The molecule has 180 valence electrons. The van der Waals surface area contributed by atoms with E-state index in [-0.39, 0.29) is 23.1 Å². The minimum atomic E-state index is -2.73. The summed E-state index contributed by atoms with van der Waals surface area (Å²) < 4.78 is 32.5.